The highest BCUT2D eigenvalue weighted by Gasteiger charge is 2.47. The zero-order chi connectivity index (χ0) is 22.9. The summed E-state index contributed by atoms with van der Waals surface area (Å²) in [6, 6.07) is 0. The van der Waals surface area contributed by atoms with E-state index in [0.29, 0.717) is 11.1 Å². The van der Waals surface area contributed by atoms with E-state index in [0.717, 1.165) is 0 Å². The number of esters is 1. The molecule has 0 aromatic heterocycles. The Morgan fingerprint density at radius 3 is 2.53 bits per heavy atom. The van der Waals surface area contributed by atoms with Crippen LogP contribution in [0.25, 0.3) is 0 Å². The summed E-state index contributed by atoms with van der Waals surface area (Å²) in [7, 11) is 0. The number of hydrogen-bond donors (Lipinski definition) is 4. The van der Waals surface area contributed by atoms with Crippen molar-refractivity contribution in [3.05, 3.63) is 35.5 Å². The van der Waals surface area contributed by atoms with Crippen LogP contribution in [-0.4, -0.2) is 69.0 Å². The van der Waals surface area contributed by atoms with Crippen LogP contribution >= 0.6 is 0 Å². The molecule has 1 fully saturated rings. The number of allylic oxidation sites excluding steroid dienone is 3. The van der Waals surface area contributed by atoms with Gasteiger partial charge in [0.15, 0.2) is 5.78 Å². The summed E-state index contributed by atoms with van der Waals surface area (Å²) in [6.07, 6.45) is 1.32. The molecule has 1 aliphatic heterocycles. The first kappa shape index (κ1) is 24.4. The van der Waals surface area contributed by atoms with Crippen LogP contribution < -0.4 is 0 Å². The first-order valence-corrected chi connectivity index (χ1v) is 9.97. The molecular formula is C22H32O8. The van der Waals surface area contributed by atoms with Gasteiger partial charge in [0, 0.05) is 23.8 Å². The maximum Gasteiger partial charge on any atom is 0.333 e. The maximum atomic E-state index is 12.3. The minimum absolute atomic E-state index is 0.0403. The van der Waals surface area contributed by atoms with Crippen molar-refractivity contribution in [1.29, 1.82) is 0 Å². The van der Waals surface area contributed by atoms with Crippen molar-refractivity contribution in [2.24, 2.45) is 11.3 Å². The fraction of sp³-hybridized carbons (Fsp3) is 0.636. The van der Waals surface area contributed by atoms with Crippen molar-refractivity contribution in [3.8, 4) is 0 Å². The third kappa shape index (κ3) is 4.90. The second kappa shape index (κ2) is 9.11. The van der Waals surface area contributed by atoms with Gasteiger partial charge in [0.2, 0.25) is 6.29 Å². The Morgan fingerprint density at radius 2 is 1.97 bits per heavy atom. The van der Waals surface area contributed by atoms with Gasteiger partial charge in [-0.15, -0.1) is 0 Å². The van der Waals surface area contributed by atoms with E-state index in [1.807, 2.05) is 0 Å². The minimum atomic E-state index is -1.34. The molecule has 0 aromatic carbocycles. The lowest BCUT2D eigenvalue weighted by molar-refractivity contribution is -0.272. The van der Waals surface area contributed by atoms with Crippen molar-refractivity contribution >= 4 is 11.8 Å². The van der Waals surface area contributed by atoms with E-state index < -0.39 is 54.1 Å². The molecule has 2 aliphatic rings. The monoisotopic (exact) mass is 424 g/mol. The average molecular weight is 424 g/mol. The number of ether oxygens (including phenoxy) is 2. The summed E-state index contributed by atoms with van der Waals surface area (Å²) in [5.41, 5.74) is -1.02. The third-order valence-corrected chi connectivity index (χ3v) is 5.98. The molecule has 0 bridgehead atoms. The van der Waals surface area contributed by atoms with Gasteiger partial charge in [0.1, 0.15) is 17.8 Å². The Kier molecular flexibility index (Phi) is 7.42. The molecule has 6 atom stereocenters. The number of aliphatic hydroxyl groups is 4. The summed E-state index contributed by atoms with van der Waals surface area (Å²) in [4.78, 5) is 24.1. The van der Waals surface area contributed by atoms with Crippen LogP contribution in [0.5, 0.6) is 0 Å². The van der Waals surface area contributed by atoms with E-state index in [-0.39, 0.29) is 12.2 Å². The molecule has 1 aliphatic carbocycles. The Balaban J connectivity index is 2.11. The Morgan fingerprint density at radius 1 is 1.33 bits per heavy atom. The first-order chi connectivity index (χ1) is 13.8. The molecule has 1 unspecified atom stereocenters. The standard InChI is InChI=1S/C22H32O8/c1-12(6-7-22(28)13(2)9-15(24)10-21(22,4)5)8-17(25)30-20-14(3)18(26)19(27)16(11-23)29-20/h6-9,14,16,18-20,23,26-28H,10-11H2,1-5H3/b7-6+,12-8-/t14-,16-,18-,19-,20?,22-/m1/s1. The van der Waals surface area contributed by atoms with Crippen molar-refractivity contribution < 1.29 is 39.5 Å². The number of hydrogen-bond acceptors (Lipinski definition) is 8. The zero-order valence-electron chi connectivity index (χ0n) is 18.0. The highest BCUT2D eigenvalue weighted by molar-refractivity contribution is 5.92. The molecule has 0 amide bonds. The molecule has 168 valence electrons. The van der Waals surface area contributed by atoms with Crippen LogP contribution in [0.3, 0.4) is 0 Å². The molecule has 0 spiro atoms. The second-order valence-electron chi connectivity index (χ2n) is 8.85. The van der Waals surface area contributed by atoms with E-state index in [9.17, 15) is 30.0 Å². The van der Waals surface area contributed by atoms with Gasteiger partial charge >= 0.3 is 5.97 Å². The third-order valence-electron chi connectivity index (χ3n) is 5.98. The lowest BCUT2D eigenvalue weighted by Gasteiger charge is -2.44. The summed E-state index contributed by atoms with van der Waals surface area (Å²) >= 11 is 0. The van der Waals surface area contributed by atoms with Crippen molar-refractivity contribution in [2.75, 3.05) is 6.61 Å². The average Bonchev–Trinajstić information content (AvgIpc) is 2.64. The quantitative estimate of drug-likeness (QED) is 0.289. The molecule has 1 saturated heterocycles. The largest absolute Gasteiger partial charge is 0.432 e. The smallest absolute Gasteiger partial charge is 0.333 e. The van der Waals surface area contributed by atoms with Crippen molar-refractivity contribution in [3.63, 3.8) is 0 Å². The van der Waals surface area contributed by atoms with Gasteiger partial charge in [0.25, 0.3) is 0 Å². The van der Waals surface area contributed by atoms with E-state index in [2.05, 4.69) is 0 Å². The molecule has 30 heavy (non-hydrogen) atoms. The number of ketones is 1. The van der Waals surface area contributed by atoms with E-state index >= 15 is 0 Å². The van der Waals surface area contributed by atoms with E-state index in [1.54, 1.807) is 46.8 Å². The van der Waals surface area contributed by atoms with Gasteiger partial charge in [-0.05, 0) is 37.1 Å². The number of carbonyl (C=O) groups is 2. The normalized spacial score (nSPS) is 37.2. The fourth-order valence-corrected chi connectivity index (χ4v) is 3.85. The van der Waals surface area contributed by atoms with E-state index in [1.165, 1.54) is 12.2 Å². The van der Waals surface area contributed by atoms with Crippen LogP contribution in [0.4, 0.5) is 0 Å². The lowest BCUT2D eigenvalue weighted by atomic mass is 9.64. The number of rotatable bonds is 5. The van der Waals surface area contributed by atoms with Crippen molar-refractivity contribution in [2.45, 2.75) is 71.2 Å². The van der Waals surface area contributed by atoms with Crippen molar-refractivity contribution in [1.82, 2.24) is 0 Å². The predicted molar refractivity (Wildman–Crippen MR) is 108 cm³/mol. The molecule has 0 aromatic rings. The molecule has 8 nitrogen and oxygen atoms in total. The summed E-state index contributed by atoms with van der Waals surface area (Å²) in [6.45, 7) is 7.99. The molecule has 8 heteroatoms. The van der Waals surface area contributed by atoms with Crippen LogP contribution in [0, 0.1) is 11.3 Å². The van der Waals surface area contributed by atoms with Crippen LogP contribution in [0.2, 0.25) is 0 Å². The molecular weight excluding hydrogens is 392 g/mol. The molecule has 0 radical (unpaired) electrons. The minimum Gasteiger partial charge on any atom is -0.432 e. The van der Waals surface area contributed by atoms with Crippen LogP contribution in [-0.2, 0) is 19.1 Å². The van der Waals surface area contributed by atoms with Gasteiger partial charge in [-0.2, -0.15) is 0 Å². The van der Waals surface area contributed by atoms with Gasteiger partial charge in [0.05, 0.1) is 12.7 Å². The molecule has 1 heterocycles. The van der Waals surface area contributed by atoms with Crippen LogP contribution in [0.15, 0.2) is 35.5 Å². The Labute approximate surface area is 176 Å². The van der Waals surface area contributed by atoms with Gasteiger partial charge in [-0.25, -0.2) is 4.79 Å². The maximum absolute atomic E-state index is 12.3. The fourth-order valence-electron chi connectivity index (χ4n) is 3.85. The van der Waals surface area contributed by atoms with Gasteiger partial charge in [-0.3, -0.25) is 4.79 Å². The number of aliphatic hydroxyl groups excluding tert-OH is 3. The van der Waals surface area contributed by atoms with Gasteiger partial charge < -0.3 is 29.9 Å². The topological polar surface area (TPSA) is 134 Å². The number of carbonyl (C=O) groups excluding carboxylic acids is 2. The second-order valence-corrected chi connectivity index (χ2v) is 8.85. The summed E-state index contributed by atoms with van der Waals surface area (Å²) in [5, 5.41) is 40.3. The zero-order valence-corrected chi connectivity index (χ0v) is 18.0. The molecule has 2 rings (SSSR count). The summed E-state index contributed by atoms with van der Waals surface area (Å²) in [5.74, 6) is -1.46. The molecule has 4 N–H and O–H groups in total. The van der Waals surface area contributed by atoms with E-state index in [4.69, 9.17) is 9.47 Å². The SMILES string of the molecule is CC1=CC(=O)CC(C)(C)[C@@]1(O)/C=C/C(C)=C\C(=O)OC1O[C@H](CO)[C@@H](O)[C@H](O)[C@H]1C. The highest BCUT2D eigenvalue weighted by Crippen LogP contribution is 2.44. The Bertz CT molecular complexity index is 763. The highest BCUT2D eigenvalue weighted by atomic mass is 16.7. The molecule has 0 saturated carbocycles. The van der Waals surface area contributed by atoms with Gasteiger partial charge in [-0.1, -0.05) is 26.8 Å². The lowest BCUT2D eigenvalue weighted by Crippen LogP contribution is -2.55. The predicted octanol–water partition coefficient (Wildman–Crippen LogP) is 0.784. The van der Waals surface area contributed by atoms with Crippen LogP contribution in [0.1, 0.15) is 41.0 Å². The Hall–Kier alpha value is -1.84. The summed E-state index contributed by atoms with van der Waals surface area (Å²) < 4.78 is 10.6. The first-order valence-electron chi connectivity index (χ1n) is 9.97.